The average molecular weight is 231 g/mol. The Bertz CT molecular complexity index is 347. The molecular weight excluding hydrogens is 210 g/mol. The van der Waals surface area contributed by atoms with Crippen LogP contribution in [-0.4, -0.2) is 17.3 Å². The van der Waals surface area contributed by atoms with Crippen LogP contribution in [0.5, 0.6) is 0 Å². The molecule has 1 aromatic carbocycles. The Hall–Kier alpha value is -1.12. The van der Waals surface area contributed by atoms with Crippen molar-refractivity contribution in [1.29, 1.82) is 0 Å². The summed E-state index contributed by atoms with van der Waals surface area (Å²) in [7, 11) is 0. The molecule has 2 atom stereocenters. The number of aliphatic hydroxyl groups is 1. The van der Waals surface area contributed by atoms with E-state index in [1.165, 1.54) is 5.56 Å². The second kappa shape index (κ2) is 6.58. The molecule has 0 spiro atoms. The molecule has 2 heteroatoms. The van der Waals surface area contributed by atoms with Gasteiger partial charge in [-0.15, -0.1) is 0 Å². The molecule has 0 radical (unpaired) electrons. The second-order valence-electron chi connectivity index (χ2n) is 4.67. The minimum atomic E-state index is -0.219. The van der Waals surface area contributed by atoms with Gasteiger partial charge in [0.1, 0.15) is 0 Å². The van der Waals surface area contributed by atoms with Crippen LogP contribution in [0.3, 0.4) is 0 Å². The van der Waals surface area contributed by atoms with Crippen LogP contribution in [0.2, 0.25) is 0 Å². The third kappa shape index (κ3) is 3.99. The van der Waals surface area contributed by atoms with E-state index < -0.39 is 0 Å². The molecule has 0 aliphatic heterocycles. The topological polar surface area (TPSA) is 32.3 Å². The number of allylic oxidation sites excluding steroid dienone is 2. The largest absolute Gasteiger partial charge is 0.391 e. The Morgan fingerprint density at radius 2 is 1.76 bits per heavy atom. The molecule has 1 aliphatic carbocycles. The molecule has 1 aliphatic rings. The lowest BCUT2D eigenvalue weighted by molar-refractivity contribution is 0.113. The van der Waals surface area contributed by atoms with Crippen molar-refractivity contribution in [3.63, 3.8) is 0 Å². The van der Waals surface area contributed by atoms with Gasteiger partial charge in [-0.2, -0.15) is 0 Å². The maximum atomic E-state index is 10.1. The normalized spacial score (nSPS) is 25.2. The quantitative estimate of drug-likeness (QED) is 0.784. The number of aliphatic hydroxyl groups excluding tert-OH is 1. The summed E-state index contributed by atoms with van der Waals surface area (Å²) in [5.74, 6) is 0. The molecule has 0 aromatic heterocycles. The van der Waals surface area contributed by atoms with E-state index in [-0.39, 0.29) is 12.1 Å². The van der Waals surface area contributed by atoms with Crippen molar-refractivity contribution in [2.24, 2.45) is 0 Å². The highest BCUT2D eigenvalue weighted by atomic mass is 16.3. The fraction of sp³-hybridized carbons (Fsp3) is 0.467. The van der Waals surface area contributed by atoms with Crippen LogP contribution < -0.4 is 5.32 Å². The van der Waals surface area contributed by atoms with Crippen LogP contribution in [0.1, 0.15) is 31.2 Å². The van der Waals surface area contributed by atoms with Crippen LogP contribution in [0.25, 0.3) is 0 Å². The van der Waals surface area contributed by atoms with Crippen LogP contribution >= 0.6 is 0 Å². The van der Waals surface area contributed by atoms with Crippen molar-refractivity contribution in [2.75, 3.05) is 0 Å². The predicted octanol–water partition coefficient (Wildman–Crippen LogP) is 2.64. The van der Waals surface area contributed by atoms with Gasteiger partial charge in [0.05, 0.1) is 6.10 Å². The summed E-state index contributed by atoms with van der Waals surface area (Å²) >= 11 is 0. The van der Waals surface area contributed by atoms with Gasteiger partial charge < -0.3 is 10.4 Å². The summed E-state index contributed by atoms with van der Waals surface area (Å²) in [5.41, 5.74) is 1.28. The maximum absolute atomic E-state index is 10.1. The van der Waals surface area contributed by atoms with Crippen molar-refractivity contribution < 1.29 is 5.11 Å². The first-order chi connectivity index (χ1) is 8.36. The van der Waals surface area contributed by atoms with Crippen molar-refractivity contribution in [3.8, 4) is 0 Å². The van der Waals surface area contributed by atoms with Crippen molar-refractivity contribution in [1.82, 2.24) is 5.32 Å². The van der Waals surface area contributed by atoms with Crippen molar-refractivity contribution in [2.45, 2.75) is 44.4 Å². The monoisotopic (exact) mass is 231 g/mol. The van der Waals surface area contributed by atoms with Gasteiger partial charge in [-0.3, -0.25) is 0 Å². The molecule has 0 fully saturated rings. The van der Waals surface area contributed by atoms with Crippen LogP contribution in [0.4, 0.5) is 0 Å². The fourth-order valence-corrected chi connectivity index (χ4v) is 2.25. The molecule has 0 saturated carbocycles. The van der Waals surface area contributed by atoms with Crippen LogP contribution in [0.15, 0.2) is 42.5 Å². The van der Waals surface area contributed by atoms with E-state index in [9.17, 15) is 5.11 Å². The Kier molecular flexibility index (Phi) is 4.77. The van der Waals surface area contributed by atoms with E-state index in [4.69, 9.17) is 0 Å². The standard InChI is InChI=1S/C15H21NO/c17-15-11-7-2-1-6-10-14(15)16-12-13-8-4-3-5-9-13/h1-5,8-9,14-17H,6-7,10-12H2. The van der Waals surface area contributed by atoms with E-state index in [2.05, 4.69) is 29.6 Å². The number of nitrogens with one attached hydrogen (secondary N) is 1. The van der Waals surface area contributed by atoms with Crippen molar-refractivity contribution in [3.05, 3.63) is 48.0 Å². The predicted molar refractivity (Wildman–Crippen MR) is 70.7 cm³/mol. The smallest absolute Gasteiger partial charge is 0.0696 e. The number of hydrogen-bond donors (Lipinski definition) is 2. The molecule has 92 valence electrons. The minimum absolute atomic E-state index is 0.219. The number of hydrogen-bond acceptors (Lipinski definition) is 2. The van der Waals surface area contributed by atoms with Gasteiger partial charge >= 0.3 is 0 Å². The van der Waals surface area contributed by atoms with E-state index in [1.54, 1.807) is 0 Å². The average Bonchev–Trinajstić information content (AvgIpc) is 2.35. The zero-order valence-electron chi connectivity index (χ0n) is 10.2. The molecule has 0 bridgehead atoms. The molecule has 2 N–H and O–H groups in total. The van der Waals surface area contributed by atoms with Gasteiger partial charge in [0.15, 0.2) is 0 Å². The number of rotatable bonds is 3. The highest BCUT2D eigenvalue weighted by Crippen LogP contribution is 2.14. The molecule has 1 aromatic rings. The fourth-order valence-electron chi connectivity index (χ4n) is 2.25. The van der Waals surface area contributed by atoms with Gasteiger partial charge in [-0.1, -0.05) is 42.5 Å². The van der Waals surface area contributed by atoms with E-state index in [0.29, 0.717) is 0 Å². The Morgan fingerprint density at radius 3 is 2.53 bits per heavy atom. The Labute approximate surface area is 103 Å². The molecule has 2 nitrogen and oxygen atoms in total. The number of benzene rings is 1. The lowest BCUT2D eigenvalue weighted by Crippen LogP contribution is -2.39. The molecular formula is C15H21NO. The summed E-state index contributed by atoms with van der Waals surface area (Å²) < 4.78 is 0. The van der Waals surface area contributed by atoms with Gasteiger partial charge in [-0.05, 0) is 31.2 Å². The van der Waals surface area contributed by atoms with Gasteiger partial charge in [0.25, 0.3) is 0 Å². The minimum Gasteiger partial charge on any atom is -0.391 e. The SMILES string of the molecule is OC1CCC=CCCC1NCc1ccccc1. The van der Waals surface area contributed by atoms with E-state index in [0.717, 1.165) is 32.2 Å². The lowest BCUT2D eigenvalue weighted by atomic mass is 9.98. The first-order valence-corrected chi connectivity index (χ1v) is 6.46. The summed E-state index contributed by atoms with van der Waals surface area (Å²) in [5, 5.41) is 13.5. The third-order valence-electron chi connectivity index (χ3n) is 3.32. The zero-order valence-corrected chi connectivity index (χ0v) is 10.2. The zero-order chi connectivity index (χ0) is 11.9. The van der Waals surface area contributed by atoms with E-state index >= 15 is 0 Å². The molecule has 0 heterocycles. The molecule has 0 amide bonds. The summed E-state index contributed by atoms with van der Waals surface area (Å²) in [6, 6.07) is 10.6. The second-order valence-corrected chi connectivity index (χ2v) is 4.67. The van der Waals surface area contributed by atoms with Crippen molar-refractivity contribution >= 4 is 0 Å². The highest BCUT2D eigenvalue weighted by Gasteiger charge is 2.18. The Balaban J connectivity index is 1.86. The summed E-state index contributed by atoms with van der Waals surface area (Å²) in [6.07, 6.45) is 8.12. The molecule has 2 rings (SSSR count). The van der Waals surface area contributed by atoms with Gasteiger partial charge in [0.2, 0.25) is 0 Å². The van der Waals surface area contributed by atoms with E-state index in [1.807, 2.05) is 18.2 Å². The van der Waals surface area contributed by atoms with Gasteiger partial charge in [-0.25, -0.2) is 0 Å². The first-order valence-electron chi connectivity index (χ1n) is 6.46. The highest BCUT2D eigenvalue weighted by molar-refractivity contribution is 5.14. The summed E-state index contributed by atoms with van der Waals surface area (Å²) in [6.45, 7) is 0.840. The Morgan fingerprint density at radius 1 is 1.06 bits per heavy atom. The van der Waals surface area contributed by atoms with Crippen LogP contribution in [-0.2, 0) is 6.54 Å². The van der Waals surface area contributed by atoms with Gasteiger partial charge in [0, 0.05) is 12.6 Å². The van der Waals surface area contributed by atoms with Crippen LogP contribution in [0, 0.1) is 0 Å². The molecule has 0 saturated heterocycles. The first kappa shape index (κ1) is 12.3. The summed E-state index contributed by atoms with van der Waals surface area (Å²) in [4.78, 5) is 0. The molecule has 2 unspecified atom stereocenters. The lowest BCUT2D eigenvalue weighted by Gasteiger charge is -2.25. The molecule has 17 heavy (non-hydrogen) atoms. The maximum Gasteiger partial charge on any atom is 0.0696 e. The third-order valence-corrected chi connectivity index (χ3v) is 3.32.